The largest absolute Gasteiger partial charge is 0.362 e. The van der Waals surface area contributed by atoms with Gasteiger partial charge in [0.25, 0.3) is 0 Å². The van der Waals surface area contributed by atoms with Gasteiger partial charge in [-0.15, -0.1) is 0 Å². The van der Waals surface area contributed by atoms with Crippen molar-refractivity contribution in [2.24, 2.45) is 5.92 Å². The molecule has 166 valence electrons. The van der Waals surface area contributed by atoms with Gasteiger partial charge >= 0.3 is 0 Å². The predicted octanol–water partition coefficient (Wildman–Crippen LogP) is 4.88. The molecule has 2 N–H and O–H groups in total. The minimum Gasteiger partial charge on any atom is -0.362 e. The monoisotopic (exact) mass is 419 g/mol. The van der Waals surface area contributed by atoms with Crippen LogP contribution in [0.5, 0.6) is 0 Å². The lowest BCUT2D eigenvalue weighted by Crippen LogP contribution is -2.37. The highest BCUT2D eigenvalue weighted by molar-refractivity contribution is 5.63. The minimum absolute atomic E-state index is 0.443. The van der Waals surface area contributed by atoms with Crippen LogP contribution in [0.1, 0.15) is 60.6 Å². The number of hydrogen-bond acceptors (Lipinski definition) is 5. The number of benzene rings is 1. The number of rotatable bonds is 6. The number of hydrogen-bond donors (Lipinski definition) is 2. The highest BCUT2D eigenvalue weighted by Gasteiger charge is 2.24. The van der Waals surface area contributed by atoms with Crippen LogP contribution in [-0.4, -0.2) is 36.1 Å². The molecule has 2 aliphatic rings. The van der Waals surface area contributed by atoms with Crippen LogP contribution in [-0.2, 0) is 13.0 Å². The molecule has 31 heavy (non-hydrogen) atoms. The molecule has 2 aliphatic carbocycles. The van der Waals surface area contributed by atoms with Crippen LogP contribution in [0.15, 0.2) is 24.3 Å². The molecule has 2 aromatic rings. The average molecular weight is 420 g/mol. The van der Waals surface area contributed by atoms with Crippen LogP contribution in [0.3, 0.4) is 0 Å². The normalized spacial score (nSPS) is 22.8. The zero-order valence-electron chi connectivity index (χ0n) is 19.7. The average Bonchev–Trinajstić information content (AvgIpc) is 2.75. The fraction of sp³-hybridized carbons (Fsp3) is 0.538. The molecule has 0 bridgehead atoms. The fourth-order valence-corrected chi connectivity index (χ4v) is 4.78. The van der Waals surface area contributed by atoms with E-state index in [2.05, 4.69) is 80.8 Å². The molecule has 4 rings (SSSR count). The summed E-state index contributed by atoms with van der Waals surface area (Å²) in [6.45, 7) is 7.62. The second kappa shape index (κ2) is 9.39. The Kier molecular flexibility index (Phi) is 6.61. The number of aromatic nitrogens is 2. The van der Waals surface area contributed by atoms with Gasteiger partial charge in [-0.3, -0.25) is 0 Å². The first-order valence-corrected chi connectivity index (χ1v) is 11.7. The first-order valence-electron chi connectivity index (χ1n) is 11.7. The quantitative estimate of drug-likeness (QED) is 0.699. The molecule has 0 spiro atoms. The van der Waals surface area contributed by atoms with Crippen LogP contribution in [0.25, 0.3) is 6.08 Å². The molecule has 1 aromatic carbocycles. The van der Waals surface area contributed by atoms with E-state index in [9.17, 15) is 0 Å². The molecule has 0 saturated heterocycles. The predicted molar refractivity (Wildman–Crippen MR) is 131 cm³/mol. The third kappa shape index (κ3) is 5.09. The van der Waals surface area contributed by atoms with Gasteiger partial charge in [-0.2, -0.15) is 4.98 Å². The van der Waals surface area contributed by atoms with Crippen LogP contribution in [0.2, 0.25) is 0 Å². The Morgan fingerprint density at radius 3 is 2.52 bits per heavy atom. The lowest BCUT2D eigenvalue weighted by molar-refractivity contribution is 0.352. The van der Waals surface area contributed by atoms with Crippen molar-refractivity contribution < 1.29 is 0 Å². The Bertz CT molecular complexity index is 941. The standard InChI is InChI=1S/C26H37N5/c1-17-9-14-24-23(15-17)25(31(4)5)30-26(29-24)28-22-12-10-21(11-13-22)27-16-20-8-6-7-18(2)19(20)3/h6-9,14,17,21-22,27H,10-13,15-16H2,1-5H3,(H,28,29,30). The van der Waals surface area contributed by atoms with E-state index in [0.29, 0.717) is 18.0 Å². The highest BCUT2D eigenvalue weighted by atomic mass is 15.2. The molecule has 1 fully saturated rings. The van der Waals surface area contributed by atoms with Crippen LogP contribution in [0, 0.1) is 19.8 Å². The Labute approximate surface area is 187 Å². The zero-order valence-corrected chi connectivity index (χ0v) is 19.7. The molecule has 5 nitrogen and oxygen atoms in total. The Hall–Kier alpha value is -2.40. The summed E-state index contributed by atoms with van der Waals surface area (Å²) in [6.07, 6.45) is 10.1. The van der Waals surface area contributed by atoms with Gasteiger partial charge in [0, 0.05) is 38.3 Å². The number of nitrogens with zero attached hydrogens (tertiary/aromatic N) is 3. The van der Waals surface area contributed by atoms with Crippen molar-refractivity contribution in [1.29, 1.82) is 0 Å². The Morgan fingerprint density at radius 2 is 1.77 bits per heavy atom. The van der Waals surface area contributed by atoms with Gasteiger partial charge in [0.05, 0.1) is 5.69 Å². The van der Waals surface area contributed by atoms with Gasteiger partial charge < -0.3 is 15.5 Å². The van der Waals surface area contributed by atoms with Gasteiger partial charge in [0.15, 0.2) is 0 Å². The van der Waals surface area contributed by atoms with Crippen molar-refractivity contribution in [1.82, 2.24) is 15.3 Å². The zero-order chi connectivity index (χ0) is 22.0. The van der Waals surface area contributed by atoms with Gasteiger partial charge in [0.1, 0.15) is 5.82 Å². The smallest absolute Gasteiger partial charge is 0.225 e. The SMILES string of the molecule is Cc1cccc(CNC2CCC(Nc3nc4c(c(N(C)C)n3)CC(C)C=C4)CC2)c1C. The van der Waals surface area contributed by atoms with E-state index in [1.165, 1.54) is 35.1 Å². The molecule has 1 unspecified atom stereocenters. The van der Waals surface area contributed by atoms with E-state index < -0.39 is 0 Å². The summed E-state index contributed by atoms with van der Waals surface area (Å²) in [6, 6.07) is 7.63. The fourth-order valence-electron chi connectivity index (χ4n) is 4.78. The van der Waals surface area contributed by atoms with Gasteiger partial charge in [-0.1, -0.05) is 31.2 Å². The Morgan fingerprint density at radius 1 is 1.03 bits per heavy atom. The molecular weight excluding hydrogens is 382 g/mol. The molecule has 1 atom stereocenters. The summed E-state index contributed by atoms with van der Waals surface area (Å²) in [5, 5.41) is 7.42. The summed E-state index contributed by atoms with van der Waals surface area (Å²) in [7, 11) is 4.14. The van der Waals surface area contributed by atoms with Crippen molar-refractivity contribution in [3.8, 4) is 0 Å². The van der Waals surface area contributed by atoms with Gasteiger partial charge in [-0.25, -0.2) is 4.98 Å². The third-order valence-electron chi connectivity index (χ3n) is 6.91. The molecule has 0 aliphatic heterocycles. The molecule has 1 aromatic heterocycles. The molecule has 5 heteroatoms. The molecule has 1 saturated carbocycles. The lowest BCUT2D eigenvalue weighted by Gasteiger charge is -2.31. The second-order valence-electron chi connectivity index (χ2n) is 9.60. The van der Waals surface area contributed by atoms with E-state index in [0.717, 1.165) is 43.3 Å². The van der Waals surface area contributed by atoms with Gasteiger partial charge in [-0.05, 0) is 74.6 Å². The topological polar surface area (TPSA) is 53.1 Å². The van der Waals surface area contributed by atoms with Crippen molar-refractivity contribution >= 4 is 17.8 Å². The third-order valence-corrected chi connectivity index (χ3v) is 6.91. The maximum absolute atomic E-state index is 4.88. The first kappa shape index (κ1) is 21.8. The lowest BCUT2D eigenvalue weighted by atomic mass is 9.91. The van der Waals surface area contributed by atoms with Crippen LogP contribution in [0.4, 0.5) is 11.8 Å². The number of nitrogens with one attached hydrogen (secondary N) is 2. The van der Waals surface area contributed by atoms with E-state index in [-0.39, 0.29) is 0 Å². The van der Waals surface area contributed by atoms with Crippen LogP contribution >= 0.6 is 0 Å². The van der Waals surface area contributed by atoms with Crippen LogP contribution < -0.4 is 15.5 Å². The van der Waals surface area contributed by atoms with E-state index >= 15 is 0 Å². The Balaban J connectivity index is 1.34. The van der Waals surface area contributed by atoms with E-state index in [1.807, 2.05) is 0 Å². The maximum atomic E-state index is 4.88. The van der Waals surface area contributed by atoms with Gasteiger partial charge in [0.2, 0.25) is 5.95 Å². The number of fused-ring (bicyclic) bond motifs is 1. The maximum Gasteiger partial charge on any atom is 0.225 e. The van der Waals surface area contributed by atoms with Crippen molar-refractivity contribution in [2.75, 3.05) is 24.3 Å². The second-order valence-corrected chi connectivity index (χ2v) is 9.60. The number of anilines is 2. The molecule has 1 heterocycles. The summed E-state index contributed by atoms with van der Waals surface area (Å²) >= 11 is 0. The van der Waals surface area contributed by atoms with E-state index in [1.54, 1.807) is 0 Å². The molecule has 0 radical (unpaired) electrons. The molecule has 0 amide bonds. The first-order chi connectivity index (χ1) is 14.9. The summed E-state index contributed by atoms with van der Waals surface area (Å²) < 4.78 is 0. The van der Waals surface area contributed by atoms with Crippen molar-refractivity contribution in [3.05, 3.63) is 52.2 Å². The van der Waals surface area contributed by atoms with E-state index in [4.69, 9.17) is 9.97 Å². The summed E-state index contributed by atoms with van der Waals surface area (Å²) in [5.74, 6) is 2.36. The summed E-state index contributed by atoms with van der Waals surface area (Å²) in [5.41, 5.74) is 6.54. The number of allylic oxidation sites excluding steroid dienone is 1. The summed E-state index contributed by atoms with van der Waals surface area (Å²) in [4.78, 5) is 11.8. The highest BCUT2D eigenvalue weighted by Crippen LogP contribution is 2.30. The number of aryl methyl sites for hydroxylation is 1. The van der Waals surface area contributed by atoms with Crippen molar-refractivity contribution in [2.45, 2.75) is 71.5 Å². The molecular formula is C26H37N5. The minimum atomic E-state index is 0.443. The van der Waals surface area contributed by atoms with Crippen molar-refractivity contribution in [3.63, 3.8) is 0 Å².